The Hall–Kier alpha value is -3.08. The number of benzene rings is 2. The van der Waals surface area contributed by atoms with Gasteiger partial charge in [-0.3, -0.25) is 10.1 Å². The smallest absolute Gasteiger partial charge is 0.338 e. The van der Waals surface area contributed by atoms with Crippen molar-refractivity contribution < 1.29 is 33.1 Å². The zero-order valence-corrected chi connectivity index (χ0v) is 24.7. The Morgan fingerprint density at radius 2 is 1.69 bits per heavy atom. The molecule has 2 aromatic rings. The Morgan fingerprint density at radius 1 is 1.08 bits per heavy atom. The Kier molecular flexibility index (Phi) is 10.0. The predicted octanol–water partition coefficient (Wildman–Crippen LogP) is 6.03. The Morgan fingerprint density at radius 3 is 2.18 bits per heavy atom. The first-order valence-corrected chi connectivity index (χ1v) is 15.4. The van der Waals surface area contributed by atoms with Gasteiger partial charge in [0.2, 0.25) is 8.32 Å². The van der Waals surface area contributed by atoms with E-state index in [1.807, 2.05) is 30.3 Å². The highest BCUT2D eigenvalue weighted by Crippen LogP contribution is 2.46. The van der Waals surface area contributed by atoms with Gasteiger partial charge in [0.05, 0.1) is 29.3 Å². The molecule has 3 rings (SSSR count). The number of hydrogen-bond acceptors (Lipinski definition) is 8. The molecule has 0 N–H and O–H groups in total. The third-order valence-corrected chi connectivity index (χ3v) is 13.7. The molecule has 0 spiro atoms. The highest BCUT2D eigenvalue weighted by Gasteiger charge is 2.53. The average Bonchev–Trinajstić information content (AvgIpc) is 3.69. The van der Waals surface area contributed by atoms with Crippen molar-refractivity contribution in [3.8, 4) is 5.75 Å². The maximum Gasteiger partial charge on any atom is 0.338 e. The molecule has 2 aromatic carbocycles. The number of hydrogen-bond donors (Lipinski definition) is 0. The lowest BCUT2D eigenvalue weighted by Gasteiger charge is -2.44. The van der Waals surface area contributed by atoms with Gasteiger partial charge in [-0.25, -0.2) is 4.79 Å². The molecule has 0 radical (unpaired) electrons. The fourth-order valence-corrected chi connectivity index (χ4v) is 11.3. The van der Waals surface area contributed by atoms with Crippen molar-refractivity contribution in [1.29, 1.82) is 0 Å². The number of rotatable bonds is 14. The Bertz CT molecular complexity index is 1150. The lowest BCUT2D eigenvalue weighted by atomic mass is 9.99. The maximum atomic E-state index is 12.4. The summed E-state index contributed by atoms with van der Waals surface area (Å²) in [6.45, 7) is 13.0. The van der Waals surface area contributed by atoms with E-state index in [-0.39, 0.29) is 52.2 Å². The van der Waals surface area contributed by atoms with Crippen molar-refractivity contribution in [2.75, 3.05) is 7.11 Å². The van der Waals surface area contributed by atoms with Crippen molar-refractivity contribution in [3.63, 3.8) is 0 Å². The van der Waals surface area contributed by atoms with E-state index < -0.39 is 37.5 Å². The van der Waals surface area contributed by atoms with Gasteiger partial charge in [0.15, 0.2) is 6.29 Å². The number of aldehydes is 1. The predicted molar refractivity (Wildman–Crippen MR) is 150 cm³/mol. The van der Waals surface area contributed by atoms with Crippen LogP contribution in [0.4, 0.5) is 5.69 Å². The number of esters is 1. The third-order valence-electron chi connectivity index (χ3n) is 7.57. The summed E-state index contributed by atoms with van der Waals surface area (Å²) in [5.74, 6) is -0.518. The zero-order chi connectivity index (χ0) is 28.9. The van der Waals surface area contributed by atoms with Gasteiger partial charge >= 0.3 is 5.97 Å². The fourth-order valence-electron chi connectivity index (χ4n) is 5.74. The molecular formula is C29H39NO8Si. The number of carbonyl (C=O) groups is 2. The molecule has 0 aliphatic carbocycles. The second-order valence-corrected chi connectivity index (χ2v) is 16.3. The molecule has 0 amide bonds. The molecule has 0 aromatic heterocycles. The van der Waals surface area contributed by atoms with Crippen LogP contribution in [0.15, 0.2) is 42.5 Å². The second-order valence-electron chi connectivity index (χ2n) is 10.9. The summed E-state index contributed by atoms with van der Waals surface area (Å²) in [5, 5.41) is 12.3. The molecule has 0 saturated carbocycles. The minimum absolute atomic E-state index is 0.0113. The lowest BCUT2D eigenvalue weighted by Crippen LogP contribution is -2.51. The Balaban J connectivity index is 2.11. The number of methoxy groups -OCH3 is 1. The van der Waals surface area contributed by atoms with Crippen LogP contribution < -0.4 is 4.74 Å². The first-order valence-electron chi connectivity index (χ1n) is 13.3. The van der Waals surface area contributed by atoms with Crippen molar-refractivity contribution in [2.24, 2.45) is 0 Å². The normalized spacial score (nSPS) is 17.8. The summed E-state index contributed by atoms with van der Waals surface area (Å²) in [4.78, 5) is 35.7. The summed E-state index contributed by atoms with van der Waals surface area (Å²) in [6.07, 6.45) is -0.937. The van der Waals surface area contributed by atoms with Gasteiger partial charge in [0.1, 0.15) is 24.6 Å². The van der Waals surface area contributed by atoms with Gasteiger partial charge in [0.25, 0.3) is 5.69 Å². The second kappa shape index (κ2) is 12.8. The maximum absolute atomic E-state index is 12.4. The molecule has 39 heavy (non-hydrogen) atoms. The molecule has 1 fully saturated rings. The van der Waals surface area contributed by atoms with Gasteiger partial charge in [-0.15, -0.1) is 0 Å². The summed E-state index contributed by atoms with van der Waals surface area (Å²) in [7, 11) is -1.24. The first-order chi connectivity index (χ1) is 18.5. The van der Waals surface area contributed by atoms with Crippen LogP contribution in [0.25, 0.3) is 0 Å². The molecule has 1 heterocycles. The number of nitro groups is 1. The monoisotopic (exact) mass is 557 g/mol. The Labute approximate surface area is 231 Å². The van der Waals surface area contributed by atoms with E-state index in [1.165, 1.54) is 19.2 Å². The molecule has 9 nitrogen and oxygen atoms in total. The van der Waals surface area contributed by atoms with E-state index in [4.69, 9.17) is 18.6 Å². The minimum atomic E-state index is -2.46. The van der Waals surface area contributed by atoms with Crippen molar-refractivity contribution in [2.45, 2.75) is 89.5 Å². The van der Waals surface area contributed by atoms with Crippen molar-refractivity contribution >= 4 is 26.3 Å². The van der Waals surface area contributed by atoms with E-state index in [0.29, 0.717) is 0 Å². The van der Waals surface area contributed by atoms with E-state index >= 15 is 0 Å². The zero-order valence-electron chi connectivity index (χ0n) is 23.7. The topological polar surface area (TPSA) is 118 Å². The van der Waals surface area contributed by atoms with Crippen LogP contribution in [0.1, 0.15) is 63.0 Å². The quantitative estimate of drug-likeness (QED) is 0.0690. The highest BCUT2D eigenvalue weighted by atomic mass is 28.4. The van der Waals surface area contributed by atoms with E-state index in [2.05, 4.69) is 41.5 Å². The van der Waals surface area contributed by atoms with Crippen LogP contribution in [0.2, 0.25) is 16.6 Å². The molecule has 3 atom stereocenters. The van der Waals surface area contributed by atoms with E-state index in [9.17, 15) is 19.7 Å². The van der Waals surface area contributed by atoms with Crippen molar-refractivity contribution in [1.82, 2.24) is 0 Å². The fraction of sp³-hybridized carbons (Fsp3) is 0.517. The molecule has 0 unspecified atom stereocenters. The van der Waals surface area contributed by atoms with Gasteiger partial charge in [0, 0.05) is 12.5 Å². The third kappa shape index (κ3) is 6.74. The van der Waals surface area contributed by atoms with Crippen LogP contribution in [-0.2, 0) is 31.7 Å². The standard InChI is InChI=1S/C29H39NO8Si/c1-18(2)39(19(3)4,20(5)6)38-26(28-27(16-31)37-28)15-23-24(30(33)34)13-22(29(32)35-7)14-25(23)36-17-21-11-9-8-10-12-21/h8-14,16,18-20,26-28H,15,17H2,1-7H3/t26-,27+,28-/m0/s1. The van der Waals surface area contributed by atoms with E-state index in [1.54, 1.807) is 0 Å². The number of epoxide rings is 1. The number of nitrogens with zero attached hydrogens (tertiary/aromatic N) is 1. The molecule has 1 saturated heterocycles. The SMILES string of the molecule is COC(=O)c1cc(OCc2ccccc2)c(C[C@H](O[Si](C(C)C)(C(C)C)C(C)C)[C@@H]2O[C@@H]2C=O)c([N+](=O)[O-])c1. The van der Waals surface area contributed by atoms with Gasteiger partial charge in [-0.1, -0.05) is 71.9 Å². The molecule has 212 valence electrons. The number of nitro benzene ring substituents is 1. The van der Waals surface area contributed by atoms with Gasteiger partial charge < -0.3 is 23.4 Å². The number of ether oxygens (including phenoxy) is 3. The molecular weight excluding hydrogens is 518 g/mol. The van der Waals surface area contributed by atoms with Crippen LogP contribution in [0.3, 0.4) is 0 Å². The summed E-state index contributed by atoms with van der Waals surface area (Å²) >= 11 is 0. The average molecular weight is 558 g/mol. The van der Waals surface area contributed by atoms with Gasteiger partial charge in [-0.2, -0.15) is 0 Å². The van der Waals surface area contributed by atoms with Crippen LogP contribution in [-0.4, -0.2) is 50.9 Å². The number of carbonyl (C=O) groups excluding carboxylic acids is 2. The van der Waals surface area contributed by atoms with Gasteiger partial charge in [-0.05, 0) is 28.3 Å². The van der Waals surface area contributed by atoms with Crippen LogP contribution in [0.5, 0.6) is 5.75 Å². The molecule has 10 heteroatoms. The first kappa shape index (κ1) is 30.5. The van der Waals surface area contributed by atoms with Crippen molar-refractivity contribution in [3.05, 3.63) is 69.3 Å². The summed E-state index contributed by atoms with van der Waals surface area (Å²) in [5.41, 5.74) is 1.63. The van der Waals surface area contributed by atoms with E-state index in [0.717, 1.165) is 11.8 Å². The van der Waals surface area contributed by atoms with Crippen LogP contribution >= 0.6 is 0 Å². The summed E-state index contributed by atoms with van der Waals surface area (Å²) < 4.78 is 23.6. The lowest BCUT2D eigenvalue weighted by molar-refractivity contribution is -0.385. The summed E-state index contributed by atoms with van der Waals surface area (Å²) in [6, 6.07) is 12.1. The minimum Gasteiger partial charge on any atom is -0.488 e. The molecule has 0 bridgehead atoms. The molecule has 1 aliphatic heterocycles. The molecule has 1 aliphatic rings. The van der Waals surface area contributed by atoms with Crippen LogP contribution in [0, 0.1) is 10.1 Å². The largest absolute Gasteiger partial charge is 0.488 e. The highest BCUT2D eigenvalue weighted by molar-refractivity contribution is 6.77.